The van der Waals surface area contributed by atoms with Crippen molar-refractivity contribution in [1.29, 1.82) is 0 Å². The highest BCUT2D eigenvalue weighted by atomic mass is 35.5. The highest BCUT2D eigenvalue weighted by Gasteiger charge is 2.23. The molecule has 2 fully saturated rings. The molecule has 1 aliphatic carbocycles. The van der Waals surface area contributed by atoms with E-state index in [-0.39, 0.29) is 0 Å². The number of hydrogen-bond donors (Lipinski definition) is 1. The number of halogens is 1. The number of nitrogens with two attached hydrogens (primary N) is 1. The maximum Gasteiger partial charge on any atom is 0.191 e. The van der Waals surface area contributed by atoms with E-state index >= 15 is 0 Å². The molecule has 0 radical (unpaired) electrons. The smallest absolute Gasteiger partial charge is 0.191 e. The summed E-state index contributed by atoms with van der Waals surface area (Å²) in [7, 11) is 0. The van der Waals surface area contributed by atoms with E-state index in [1.807, 2.05) is 18.2 Å². The van der Waals surface area contributed by atoms with Crippen LogP contribution in [0.25, 0.3) is 0 Å². The van der Waals surface area contributed by atoms with E-state index < -0.39 is 0 Å². The summed E-state index contributed by atoms with van der Waals surface area (Å²) in [6.45, 7) is 3.77. The molecule has 2 aliphatic rings. The third-order valence-corrected chi connectivity index (χ3v) is 3.87. The lowest BCUT2D eigenvalue weighted by Crippen LogP contribution is -2.51. The summed E-state index contributed by atoms with van der Waals surface area (Å²) in [6, 6.07) is 8.50. The molecule has 0 atom stereocenters. The number of piperazine rings is 1. The molecule has 0 unspecified atom stereocenters. The Hall–Kier alpha value is -1.42. The van der Waals surface area contributed by atoms with Crippen LogP contribution in [0.15, 0.2) is 29.3 Å². The maximum atomic E-state index is 6.03. The van der Waals surface area contributed by atoms with Gasteiger partial charge in [0.2, 0.25) is 0 Å². The van der Waals surface area contributed by atoms with Crippen molar-refractivity contribution >= 4 is 23.2 Å². The van der Waals surface area contributed by atoms with Crippen molar-refractivity contribution in [3.8, 4) is 0 Å². The molecule has 102 valence electrons. The molecular formula is C14H19ClN4. The van der Waals surface area contributed by atoms with Gasteiger partial charge in [0.1, 0.15) is 0 Å². The molecule has 1 saturated heterocycles. The van der Waals surface area contributed by atoms with Gasteiger partial charge in [-0.25, -0.2) is 4.99 Å². The molecule has 19 heavy (non-hydrogen) atoms. The minimum Gasteiger partial charge on any atom is -0.370 e. The number of guanidine groups is 1. The zero-order chi connectivity index (χ0) is 13.2. The number of benzene rings is 1. The first kappa shape index (κ1) is 12.6. The third-order valence-electron chi connectivity index (χ3n) is 3.64. The van der Waals surface area contributed by atoms with Crippen LogP contribution in [0.1, 0.15) is 12.8 Å². The number of aliphatic imine (C=N–C) groups is 1. The second-order valence-corrected chi connectivity index (χ2v) is 5.61. The van der Waals surface area contributed by atoms with E-state index in [4.69, 9.17) is 17.3 Å². The fraction of sp³-hybridized carbons (Fsp3) is 0.500. The van der Waals surface area contributed by atoms with E-state index in [1.165, 1.54) is 18.5 Å². The van der Waals surface area contributed by atoms with E-state index in [0.717, 1.165) is 31.2 Å². The lowest BCUT2D eigenvalue weighted by molar-refractivity contribution is 0.380. The van der Waals surface area contributed by atoms with Gasteiger partial charge in [0.15, 0.2) is 5.96 Å². The molecule has 3 rings (SSSR count). The van der Waals surface area contributed by atoms with Crippen LogP contribution in [-0.4, -0.2) is 43.1 Å². The monoisotopic (exact) mass is 278 g/mol. The summed E-state index contributed by atoms with van der Waals surface area (Å²) in [5, 5.41) is 0.787. The van der Waals surface area contributed by atoms with E-state index in [0.29, 0.717) is 12.0 Å². The third kappa shape index (κ3) is 3.13. The van der Waals surface area contributed by atoms with Gasteiger partial charge in [-0.05, 0) is 31.0 Å². The van der Waals surface area contributed by atoms with Crippen molar-refractivity contribution in [2.24, 2.45) is 10.7 Å². The Morgan fingerprint density at radius 1 is 1.21 bits per heavy atom. The van der Waals surface area contributed by atoms with E-state index in [2.05, 4.69) is 20.9 Å². The van der Waals surface area contributed by atoms with Crippen molar-refractivity contribution in [1.82, 2.24) is 4.90 Å². The largest absolute Gasteiger partial charge is 0.370 e. The second-order valence-electron chi connectivity index (χ2n) is 5.17. The average Bonchev–Trinajstić information content (AvgIpc) is 3.23. The van der Waals surface area contributed by atoms with Gasteiger partial charge < -0.3 is 15.5 Å². The summed E-state index contributed by atoms with van der Waals surface area (Å²) in [5.41, 5.74) is 7.22. The van der Waals surface area contributed by atoms with Crippen molar-refractivity contribution in [2.45, 2.75) is 18.9 Å². The van der Waals surface area contributed by atoms with Crippen LogP contribution in [0.2, 0.25) is 5.02 Å². The van der Waals surface area contributed by atoms with Crippen molar-refractivity contribution in [2.75, 3.05) is 31.1 Å². The van der Waals surface area contributed by atoms with Gasteiger partial charge in [-0.3, -0.25) is 0 Å². The average molecular weight is 279 g/mol. The molecular weight excluding hydrogens is 260 g/mol. The minimum atomic E-state index is 0.492. The molecule has 0 amide bonds. The molecule has 0 bridgehead atoms. The number of hydrogen-bond acceptors (Lipinski definition) is 2. The summed E-state index contributed by atoms with van der Waals surface area (Å²) in [5.74, 6) is 0.716. The van der Waals surface area contributed by atoms with Gasteiger partial charge in [0, 0.05) is 36.9 Å². The quantitative estimate of drug-likeness (QED) is 0.664. The van der Waals surface area contributed by atoms with Gasteiger partial charge in [0.25, 0.3) is 0 Å². The van der Waals surface area contributed by atoms with Gasteiger partial charge >= 0.3 is 0 Å². The molecule has 0 aromatic heterocycles. The van der Waals surface area contributed by atoms with Crippen molar-refractivity contribution in [3.63, 3.8) is 0 Å². The second kappa shape index (κ2) is 5.29. The fourth-order valence-corrected chi connectivity index (χ4v) is 2.52. The minimum absolute atomic E-state index is 0.492. The van der Waals surface area contributed by atoms with Crippen LogP contribution in [0.3, 0.4) is 0 Å². The van der Waals surface area contributed by atoms with Gasteiger partial charge in [-0.15, -0.1) is 0 Å². The zero-order valence-electron chi connectivity index (χ0n) is 10.9. The molecule has 5 heteroatoms. The van der Waals surface area contributed by atoms with Crippen LogP contribution < -0.4 is 10.6 Å². The normalized spacial score (nSPS) is 20.8. The SMILES string of the molecule is NC(=NC1CC1)N1CCN(c2cccc(Cl)c2)CC1. The first-order chi connectivity index (χ1) is 9.22. The summed E-state index contributed by atoms with van der Waals surface area (Å²) in [6.07, 6.45) is 2.40. The summed E-state index contributed by atoms with van der Waals surface area (Å²) < 4.78 is 0. The van der Waals surface area contributed by atoms with Gasteiger partial charge in [-0.1, -0.05) is 17.7 Å². The van der Waals surface area contributed by atoms with Crippen LogP contribution in [0.4, 0.5) is 5.69 Å². The molecule has 1 aromatic carbocycles. The van der Waals surface area contributed by atoms with Crippen LogP contribution in [0, 0.1) is 0 Å². The highest BCUT2D eigenvalue weighted by molar-refractivity contribution is 6.30. The maximum absolute atomic E-state index is 6.03. The fourth-order valence-electron chi connectivity index (χ4n) is 2.34. The first-order valence-electron chi connectivity index (χ1n) is 6.81. The predicted octanol–water partition coefficient (Wildman–Crippen LogP) is 1.94. The molecule has 4 nitrogen and oxygen atoms in total. The number of nitrogens with zero attached hydrogens (tertiary/aromatic N) is 3. The van der Waals surface area contributed by atoms with E-state index in [9.17, 15) is 0 Å². The molecule has 1 aromatic rings. The van der Waals surface area contributed by atoms with Gasteiger partial charge in [-0.2, -0.15) is 0 Å². The lowest BCUT2D eigenvalue weighted by atomic mass is 10.2. The van der Waals surface area contributed by atoms with E-state index in [1.54, 1.807) is 0 Å². The Morgan fingerprint density at radius 3 is 2.58 bits per heavy atom. The lowest BCUT2D eigenvalue weighted by Gasteiger charge is -2.36. The Balaban J connectivity index is 1.60. The molecule has 1 saturated carbocycles. The van der Waals surface area contributed by atoms with Crippen molar-refractivity contribution in [3.05, 3.63) is 29.3 Å². The van der Waals surface area contributed by atoms with Gasteiger partial charge in [0.05, 0.1) is 6.04 Å². The Morgan fingerprint density at radius 2 is 1.95 bits per heavy atom. The Labute approximate surface area is 118 Å². The Bertz CT molecular complexity index is 476. The van der Waals surface area contributed by atoms with Crippen LogP contribution >= 0.6 is 11.6 Å². The highest BCUT2D eigenvalue weighted by Crippen LogP contribution is 2.24. The van der Waals surface area contributed by atoms with Crippen LogP contribution in [-0.2, 0) is 0 Å². The topological polar surface area (TPSA) is 44.9 Å². The number of rotatable bonds is 2. The standard InChI is InChI=1S/C14H19ClN4/c15-11-2-1-3-13(10-11)18-6-8-19(9-7-18)14(16)17-12-4-5-12/h1-3,10,12H,4-9H2,(H2,16,17). The summed E-state index contributed by atoms with van der Waals surface area (Å²) in [4.78, 5) is 9.02. The summed E-state index contributed by atoms with van der Waals surface area (Å²) >= 11 is 6.03. The molecule has 1 aliphatic heterocycles. The first-order valence-corrected chi connectivity index (χ1v) is 7.19. The molecule has 1 heterocycles. The zero-order valence-corrected chi connectivity index (χ0v) is 11.7. The molecule has 0 spiro atoms. The molecule has 2 N–H and O–H groups in total. The number of anilines is 1. The van der Waals surface area contributed by atoms with Crippen molar-refractivity contribution < 1.29 is 0 Å². The predicted molar refractivity (Wildman–Crippen MR) is 79.9 cm³/mol. The van der Waals surface area contributed by atoms with Crippen LogP contribution in [0.5, 0.6) is 0 Å². The Kier molecular flexibility index (Phi) is 3.51.